The van der Waals surface area contributed by atoms with Crippen molar-refractivity contribution in [3.8, 4) is 0 Å². The molecule has 0 aliphatic rings. The summed E-state index contributed by atoms with van der Waals surface area (Å²) in [6.07, 6.45) is 3.49. The number of carbonyl (C=O) groups is 1. The largest absolute Gasteiger partial charge is 0.462 e. The quantitative estimate of drug-likeness (QED) is 0.716. The van der Waals surface area contributed by atoms with Gasteiger partial charge < -0.3 is 4.74 Å². The van der Waals surface area contributed by atoms with Gasteiger partial charge in [-0.15, -0.1) is 0 Å². The molecule has 0 amide bonds. The molecule has 0 aromatic carbocycles. The van der Waals surface area contributed by atoms with Gasteiger partial charge in [-0.2, -0.15) is 5.10 Å². The van der Waals surface area contributed by atoms with Crippen LogP contribution in [0.3, 0.4) is 0 Å². The number of hydrogen-bond donors (Lipinski definition) is 0. The molecule has 1 rings (SSSR count). The van der Waals surface area contributed by atoms with E-state index >= 15 is 0 Å². The van der Waals surface area contributed by atoms with E-state index in [0.29, 0.717) is 18.1 Å². The summed E-state index contributed by atoms with van der Waals surface area (Å²) in [5.41, 5.74) is 1.62. The second kappa shape index (κ2) is 6.42. The van der Waals surface area contributed by atoms with Gasteiger partial charge in [0, 0.05) is 6.54 Å². The highest BCUT2D eigenvalue weighted by Gasteiger charge is 2.18. The number of esters is 1. The number of hydrogen-bond acceptors (Lipinski definition) is 3. The van der Waals surface area contributed by atoms with Crippen molar-refractivity contribution in [3.05, 3.63) is 17.5 Å². The third-order valence-corrected chi connectivity index (χ3v) is 2.47. The van der Waals surface area contributed by atoms with E-state index in [0.717, 1.165) is 25.1 Å². The number of aromatic nitrogens is 2. The first-order valence-electron chi connectivity index (χ1n) is 6.31. The highest BCUT2D eigenvalue weighted by molar-refractivity contribution is 5.90. The molecule has 1 heterocycles. The van der Waals surface area contributed by atoms with E-state index in [1.54, 1.807) is 6.20 Å². The fraction of sp³-hybridized carbons (Fsp3) is 0.692. The lowest BCUT2D eigenvalue weighted by atomic mass is 10.1. The molecule has 0 radical (unpaired) electrons. The van der Waals surface area contributed by atoms with Gasteiger partial charge in [0.15, 0.2) is 0 Å². The average Bonchev–Trinajstić information content (AvgIpc) is 2.62. The van der Waals surface area contributed by atoms with Crippen LogP contribution in [0.4, 0.5) is 0 Å². The van der Waals surface area contributed by atoms with Crippen molar-refractivity contribution in [2.75, 3.05) is 6.61 Å². The van der Waals surface area contributed by atoms with Crippen molar-refractivity contribution in [1.29, 1.82) is 0 Å². The van der Waals surface area contributed by atoms with E-state index in [2.05, 4.69) is 25.9 Å². The molecular formula is C13H22N2O2. The van der Waals surface area contributed by atoms with Crippen LogP contribution in [-0.4, -0.2) is 22.4 Å². The SMILES string of the molecule is CCCc1c(C(=O)OCC)cnn1CC(C)C. The number of rotatable bonds is 6. The Morgan fingerprint density at radius 2 is 2.18 bits per heavy atom. The minimum atomic E-state index is -0.258. The van der Waals surface area contributed by atoms with Crippen molar-refractivity contribution < 1.29 is 9.53 Å². The van der Waals surface area contributed by atoms with Crippen LogP contribution in [-0.2, 0) is 17.7 Å². The minimum Gasteiger partial charge on any atom is -0.462 e. The predicted octanol–water partition coefficient (Wildman–Crippen LogP) is 2.67. The summed E-state index contributed by atoms with van der Waals surface area (Å²) in [6.45, 7) is 9.44. The second-order valence-electron chi connectivity index (χ2n) is 4.55. The van der Waals surface area contributed by atoms with Crippen molar-refractivity contribution in [3.63, 3.8) is 0 Å². The molecule has 0 spiro atoms. The molecule has 17 heavy (non-hydrogen) atoms. The first-order chi connectivity index (χ1) is 8.10. The summed E-state index contributed by atoms with van der Waals surface area (Å²) in [5, 5.41) is 4.29. The van der Waals surface area contributed by atoms with Gasteiger partial charge in [-0.25, -0.2) is 4.79 Å². The molecule has 4 nitrogen and oxygen atoms in total. The molecule has 0 aliphatic carbocycles. The summed E-state index contributed by atoms with van der Waals surface area (Å²) < 4.78 is 6.97. The number of nitrogens with zero attached hydrogens (tertiary/aromatic N) is 2. The molecule has 0 N–H and O–H groups in total. The van der Waals surface area contributed by atoms with Crippen LogP contribution in [0.2, 0.25) is 0 Å². The molecule has 0 fully saturated rings. The van der Waals surface area contributed by atoms with Crippen molar-refractivity contribution >= 4 is 5.97 Å². The third-order valence-electron chi connectivity index (χ3n) is 2.47. The summed E-state index contributed by atoms with van der Waals surface area (Å²) in [5.74, 6) is 0.256. The van der Waals surface area contributed by atoms with Gasteiger partial charge in [0.05, 0.1) is 18.5 Å². The zero-order chi connectivity index (χ0) is 12.8. The van der Waals surface area contributed by atoms with Gasteiger partial charge in [-0.3, -0.25) is 4.68 Å². The Bertz CT molecular complexity index is 369. The van der Waals surface area contributed by atoms with E-state index in [4.69, 9.17) is 4.74 Å². The Hall–Kier alpha value is -1.32. The van der Waals surface area contributed by atoms with Crippen molar-refractivity contribution in [2.45, 2.75) is 47.1 Å². The van der Waals surface area contributed by atoms with Gasteiger partial charge in [0.25, 0.3) is 0 Å². The normalized spacial score (nSPS) is 10.9. The lowest BCUT2D eigenvalue weighted by molar-refractivity contribution is 0.0525. The lowest BCUT2D eigenvalue weighted by Gasteiger charge is -2.10. The lowest BCUT2D eigenvalue weighted by Crippen LogP contribution is -2.13. The van der Waals surface area contributed by atoms with Crippen LogP contribution in [0, 0.1) is 5.92 Å². The Morgan fingerprint density at radius 3 is 2.71 bits per heavy atom. The average molecular weight is 238 g/mol. The van der Waals surface area contributed by atoms with Gasteiger partial charge >= 0.3 is 5.97 Å². The van der Waals surface area contributed by atoms with Crippen molar-refractivity contribution in [1.82, 2.24) is 9.78 Å². The summed E-state index contributed by atoms with van der Waals surface area (Å²) >= 11 is 0. The van der Waals surface area contributed by atoms with Gasteiger partial charge in [-0.1, -0.05) is 27.2 Å². The monoisotopic (exact) mass is 238 g/mol. The van der Waals surface area contributed by atoms with Crippen LogP contribution in [0.5, 0.6) is 0 Å². The van der Waals surface area contributed by atoms with Crippen LogP contribution in [0.1, 0.15) is 50.2 Å². The van der Waals surface area contributed by atoms with Crippen molar-refractivity contribution in [2.24, 2.45) is 5.92 Å². The Balaban J connectivity index is 2.97. The predicted molar refractivity (Wildman–Crippen MR) is 67.0 cm³/mol. The van der Waals surface area contributed by atoms with Crippen LogP contribution >= 0.6 is 0 Å². The maximum Gasteiger partial charge on any atom is 0.341 e. The molecule has 1 aromatic rings. The summed E-state index contributed by atoms with van der Waals surface area (Å²) in [6, 6.07) is 0. The Labute approximate surface area is 103 Å². The third kappa shape index (κ3) is 3.58. The molecule has 0 saturated heterocycles. The van der Waals surface area contributed by atoms with E-state index in [1.165, 1.54) is 0 Å². The fourth-order valence-electron chi connectivity index (χ4n) is 1.79. The van der Waals surface area contributed by atoms with Crippen LogP contribution < -0.4 is 0 Å². The molecule has 0 atom stereocenters. The molecule has 0 bridgehead atoms. The molecule has 96 valence electrons. The van der Waals surface area contributed by atoms with Gasteiger partial charge in [0.1, 0.15) is 5.56 Å². The molecule has 1 aromatic heterocycles. The first-order valence-corrected chi connectivity index (χ1v) is 6.31. The Morgan fingerprint density at radius 1 is 1.47 bits per heavy atom. The molecule has 0 saturated carbocycles. The smallest absolute Gasteiger partial charge is 0.341 e. The fourth-order valence-corrected chi connectivity index (χ4v) is 1.79. The van der Waals surface area contributed by atoms with E-state index < -0.39 is 0 Å². The minimum absolute atomic E-state index is 0.258. The first kappa shape index (κ1) is 13.7. The zero-order valence-corrected chi connectivity index (χ0v) is 11.2. The maximum atomic E-state index is 11.8. The topological polar surface area (TPSA) is 44.1 Å². The Kier molecular flexibility index (Phi) is 5.19. The molecule has 4 heteroatoms. The molecule has 0 aliphatic heterocycles. The zero-order valence-electron chi connectivity index (χ0n) is 11.2. The number of carbonyl (C=O) groups excluding carboxylic acids is 1. The molecule has 0 unspecified atom stereocenters. The summed E-state index contributed by atoms with van der Waals surface area (Å²) in [4.78, 5) is 11.8. The van der Waals surface area contributed by atoms with Crippen LogP contribution in [0.15, 0.2) is 6.20 Å². The highest BCUT2D eigenvalue weighted by Crippen LogP contribution is 2.14. The second-order valence-corrected chi connectivity index (χ2v) is 4.55. The number of ether oxygens (including phenoxy) is 1. The van der Waals surface area contributed by atoms with Gasteiger partial charge in [-0.05, 0) is 19.3 Å². The standard InChI is InChI=1S/C13H22N2O2/c1-5-7-12-11(13(16)17-6-2)8-14-15(12)9-10(3)4/h8,10H,5-7,9H2,1-4H3. The van der Waals surface area contributed by atoms with Gasteiger partial charge in [0.2, 0.25) is 0 Å². The van der Waals surface area contributed by atoms with E-state index in [-0.39, 0.29) is 5.97 Å². The highest BCUT2D eigenvalue weighted by atomic mass is 16.5. The van der Waals surface area contributed by atoms with Crippen LogP contribution in [0.25, 0.3) is 0 Å². The maximum absolute atomic E-state index is 11.8. The van der Waals surface area contributed by atoms with E-state index in [1.807, 2.05) is 11.6 Å². The van der Waals surface area contributed by atoms with E-state index in [9.17, 15) is 4.79 Å². The molecular weight excluding hydrogens is 216 g/mol. The summed E-state index contributed by atoms with van der Waals surface area (Å²) in [7, 11) is 0.